The summed E-state index contributed by atoms with van der Waals surface area (Å²) in [5.74, 6) is 0.0264. The van der Waals surface area contributed by atoms with Gasteiger partial charge in [-0.2, -0.15) is 0 Å². The quantitative estimate of drug-likeness (QED) is 0.713. The third-order valence-corrected chi connectivity index (χ3v) is 4.52. The summed E-state index contributed by atoms with van der Waals surface area (Å²) >= 11 is 0. The van der Waals surface area contributed by atoms with Crippen LogP contribution in [-0.4, -0.2) is 28.0 Å². The Hall–Kier alpha value is -2.62. The minimum Gasteiger partial charge on any atom is -0.494 e. The number of sulfonamides is 1. The van der Waals surface area contributed by atoms with Gasteiger partial charge in [0.1, 0.15) is 17.2 Å². The summed E-state index contributed by atoms with van der Waals surface area (Å²) in [6, 6.07) is 8.67. The van der Waals surface area contributed by atoms with Crippen molar-refractivity contribution in [2.24, 2.45) is 0 Å². The second-order valence-corrected chi connectivity index (χ2v) is 6.83. The predicted octanol–water partition coefficient (Wildman–Crippen LogP) is 4.18. The van der Waals surface area contributed by atoms with Crippen LogP contribution in [0.4, 0.5) is 18.9 Å². The summed E-state index contributed by atoms with van der Waals surface area (Å²) in [6.45, 7) is 4.16. The molecule has 0 bridgehead atoms. The first kappa shape index (κ1) is 20.7. The van der Waals surface area contributed by atoms with Gasteiger partial charge in [0.15, 0.2) is 0 Å². The number of halogens is 3. The van der Waals surface area contributed by atoms with E-state index >= 15 is 0 Å². The second-order valence-electron chi connectivity index (χ2n) is 5.15. The van der Waals surface area contributed by atoms with Crippen LogP contribution >= 0.6 is 0 Å². The Morgan fingerprint density at radius 3 is 2.30 bits per heavy atom. The lowest BCUT2D eigenvalue weighted by molar-refractivity contribution is -0.274. The summed E-state index contributed by atoms with van der Waals surface area (Å²) < 4.78 is 79.1. The fourth-order valence-corrected chi connectivity index (χ4v) is 3.26. The van der Waals surface area contributed by atoms with E-state index in [0.29, 0.717) is 12.4 Å². The number of benzene rings is 2. The summed E-state index contributed by atoms with van der Waals surface area (Å²) in [5, 5.41) is 0. The molecule has 10 heteroatoms. The zero-order valence-electron chi connectivity index (χ0n) is 14.5. The van der Waals surface area contributed by atoms with Gasteiger partial charge in [0, 0.05) is 12.1 Å². The average Bonchev–Trinajstić information content (AvgIpc) is 2.56. The van der Waals surface area contributed by atoms with Crippen LogP contribution in [-0.2, 0) is 10.0 Å². The highest BCUT2D eigenvalue weighted by Gasteiger charge is 2.31. The molecule has 2 aromatic carbocycles. The Morgan fingerprint density at radius 1 is 0.963 bits per heavy atom. The number of hydrogen-bond acceptors (Lipinski definition) is 5. The maximum absolute atomic E-state index is 12.6. The normalized spacial score (nSPS) is 11.7. The lowest BCUT2D eigenvalue weighted by Gasteiger charge is -2.15. The van der Waals surface area contributed by atoms with Gasteiger partial charge in [-0.3, -0.25) is 4.72 Å². The molecule has 0 amide bonds. The molecule has 148 valence electrons. The second kappa shape index (κ2) is 8.38. The number of nitrogens with one attached hydrogen (secondary N) is 1. The smallest absolute Gasteiger partial charge is 0.494 e. The molecular formula is C17H18F3NO5S. The van der Waals surface area contributed by atoms with Gasteiger partial charge < -0.3 is 14.2 Å². The minimum absolute atomic E-state index is 0.102. The van der Waals surface area contributed by atoms with Crippen molar-refractivity contribution in [3.63, 3.8) is 0 Å². The van der Waals surface area contributed by atoms with E-state index in [1.165, 1.54) is 12.1 Å². The van der Waals surface area contributed by atoms with Crippen molar-refractivity contribution in [3.05, 3.63) is 42.5 Å². The summed E-state index contributed by atoms with van der Waals surface area (Å²) in [6.07, 6.45) is -4.93. The minimum atomic E-state index is -4.93. The van der Waals surface area contributed by atoms with Crippen molar-refractivity contribution in [1.82, 2.24) is 0 Å². The molecule has 0 atom stereocenters. The van der Waals surface area contributed by atoms with Crippen molar-refractivity contribution in [1.29, 1.82) is 0 Å². The molecule has 27 heavy (non-hydrogen) atoms. The first-order valence-corrected chi connectivity index (χ1v) is 9.41. The molecule has 0 saturated carbocycles. The van der Waals surface area contributed by atoms with E-state index in [4.69, 9.17) is 9.47 Å². The molecule has 0 aliphatic rings. The van der Waals surface area contributed by atoms with Crippen LogP contribution in [0.1, 0.15) is 13.8 Å². The molecule has 0 saturated heterocycles. The highest BCUT2D eigenvalue weighted by molar-refractivity contribution is 7.92. The van der Waals surface area contributed by atoms with Gasteiger partial charge in [-0.15, -0.1) is 13.2 Å². The predicted molar refractivity (Wildman–Crippen MR) is 92.7 cm³/mol. The molecule has 0 spiro atoms. The molecule has 1 N–H and O–H groups in total. The van der Waals surface area contributed by atoms with Crippen LogP contribution in [0.3, 0.4) is 0 Å². The molecule has 0 aromatic heterocycles. The van der Waals surface area contributed by atoms with Gasteiger partial charge in [0.2, 0.25) is 0 Å². The topological polar surface area (TPSA) is 73.9 Å². The van der Waals surface area contributed by atoms with Crippen LogP contribution in [0.15, 0.2) is 47.4 Å². The lowest BCUT2D eigenvalue weighted by Crippen LogP contribution is -2.18. The van der Waals surface area contributed by atoms with E-state index in [1.807, 2.05) is 0 Å². The van der Waals surface area contributed by atoms with Crippen molar-refractivity contribution in [2.45, 2.75) is 25.1 Å². The monoisotopic (exact) mass is 405 g/mol. The highest BCUT2D eigenvalue weighted by atomic mass is 32.2. The molecule has 0 radical (unpaired) electrons. The van der Waals surface area contributed by atoms with Gasteiger partial charge in [-0.25, -0.2) is 8.42 Å². The molecular weight excluding hydrogens is 387 g/mol. The van der Waals surface area contributed by atoms with Crippen LogP contribution in [0.25, 0.3) is 0 Å². The standard InChI is InChI=1S/C17H18F3NO5S/c1-3-24-12-8-9-16(25-4-2)15(11-12)21-27(22,23)14-7-5-6-13(10-14)26-17(18,19)20/h5-11,21H,3-4H2,1-2H3. The van der Waals surface area contributed by atoms with E-state index < -0.39 is 27.0 Å². The fourth-order valence-electron chi connectivity index (χ4n) is 2.17. The van der Waals surface area contributed by atoms with Crippen molar-refractivity contribution in [3.8, 4) is 17.2 Å². The Labute approximate surface area is 154 Å². The Kier molecular flexibility index (Phi) is 6.42. The molecule has 6 nitrogen and oxygen atoms in total. The van der Waals surface area contributed by atoms with Crippen LogP contribution in [0.2, 0.25) is 0 Å². The third kappa shape index (κ3) is 5.95. The number of ether oxygens (including phenoxy) is 3. The van der Waals surface area contributed by atoms with Crippen molar-refractivity contribution >= 4 is 15.7 Å². The molecule has 0 aliphatic carbocycles. The van der Waals surface area contributed by atoms with E-state index in [9.17, 15) is 21.6 Å². The molecule has 2 aromatic rings. The number of alkyl halides is 3. The van der Waals surface area contributed by atoms with E-state index in [2.05, 4.69) is 9.46 Å². The maximum atomic E-state index is 12.6. The van der Waals surface area contributed by atoms with E-state index in [1.54, 1.807) is 19.9 Å². The number of anilines is 1. The summed E-state index contributed by atoms with van der Waals surface area (Å²) in [5.41, 5.74) is 0.102. The molecule has 0 aliphatic heterocycles. The third-order valence-electron chi connectivity index (χ3n) is 3.16. The fraction of sp³-hybridized carbons (Fsp3) is 0.294. The first-order valence-electron chi connectivity index (χ1n) is 7.93. The lowest BCUT2D eigenvalue weighted by atomic mass is 10.3. The Morgan fingerprint density at radius 2 is 1.67 bits per heavy atom. The Bertz CT molecular complexity index is 884. The maximum Gasteiger partial charge on any atom is 0.573 e. The zero-order valence-corrected chi connectivity index (χ0v) is 15.4. The Balaban J connectivity index is 2.35. The average molecular weight is 405 g/mol. The van der Waals surface area contributed by atoms with E-state index in [0.717, 1.165) is 24.3 Å². The molecule has 0 fully saturated rings. The highest BCUT2D eigenvalue weighted by Crippen LogP contribution is 2.32. The van der Waals surface area contributed by atoms with Gasteiger partial charge in [-0.05, 0) is 38.1 Å². The molecule has 0 unspecified atom stereocenters. The van der Waals surface area contributed by atoms with E-state index in [-0.39, 0.29) is 18.0 Å². The van der Waals surface area contributed by atoms with Gasteiger partial charge in [0.25, 0.3) is 10.0 Å². The summed E-state index contributed by atoms with van der Waals surface area (Å²) in [4.78, 5) is -0.395. The SMILES string of the molecule is CCOc1ccc(OCC)c(NS(=O)(=O)c2cccc(OC(F)(F)F)c2)c1. The number of rotatable bonds is 8. The van der Waals surface area contributed by atoms with Gasteiger partial charge >= 0.3 is 6.36 Å². The molecule has 0 heterocycles. The van der Waals surface area contributed by atoms with Crippen molar-refractivity contribution in [2.75, 3.05) is 17.9 Å². The van der Waals surface area contributed by atoms with Crippen LogP contribution < -0.4 is 18.9 Å². The van der Waals surface area contributed by atoms with Gasteiger partial charge in [-0.1, -0.05) is 6.07 Å². The summed E-state index contributed by atoms with van der Waals surface area (Å²) in [7, 11) is -4.20. The first-order chi connectivity index (χ1) is 12.6. The van der Waals surface area contributed by atoms with Crippen molar-refractivity contribution < 1.29 is 35.8 Å². The zero-order chi connectivity index (χ0) is 20.1. The van der Waals surface area contributed by atoms with Crippen LogP contribution in [0.5, 0.6) is 17.2 Å². The molecule has 2 rings (SSSR count). The van der Waals surface area contributed by atoms with Gasteiger partial charge in [0.05, 0.1) is 23.8 Å². The largest absolute Gasteiger partial charge is 0.573 e. The number of hydrogen-bond donors (Lipinski definition) is 1. The van der Waals surface area contributed by atoms with Crippen LogP contribution in [0, 0.1) is 0 Å².